The molecule has 1 unspecified atom stereocenters. The molecule has 0 aliphatic rings. The maximum Gasteiger partial charge on any atom is 0.243 e. The lowest BCUT2D eigenvalue weighted by Crippen LogP contribution is -2.48. The fourth-order valence-corrected chi connectivity index (χ4v) is 3.06. The number of nitrogens with zero attached hydrogens (tertiary/aromatic N) is 1. The molecule has 2 rings (SSSR count). The monoisotopic (exact) mass is 428 g/mol. The molecule has 3 amide bonds. The maximum atomic E-state index is 12.5. The van der Waals surface area contributed by atoms with Gasteiger partial charge < -0.3 is 20.4 Å². The van der Waals surface area contributed by atoms with Crippen LogP contribution in [0.4, 0.5) is 5.69 Å². The van der Waals surface area contributed by atoms with Gasteiger partial charge in [-0.3, -0.25) is 14.4 Å². The van der Waals surface area contributed by atoms with Crippen molar-refractivity contribution in [1.82, 2.24) is 15.6 Å². The fourth-order valence-electron chi connectivity index (χ4n) is 3.06. The molecule has 8 nitrogen and oxygen atoms in total. The Morgan fingerprint density at radius 1 is 1.13 bits per heavy atom. The molecule has 0 aliphatic carbocycles. The van der Waals surface area contributed by atoms with Gasteiger partial charge in [-0.25, -0.2) is 4.98 Å². The number of anilines is 1. The summed E-state index contributed by atoms with van der Waals surface area (Å²) >= 11 is 0. The first kappa shape index (κ1) is 24.1. The minimum absolute atomic E-state index is 0.0435. The molecule has 1 aromatic carbocycles. The maximum absolute atomic E-state index is 12.5. The molecule has 0 aliphatic heterocycles. The van der Waals surface area contributed by atoms with E-state index in [0.29, 0.717) is 29.5 Å². The third-order valence-corrected chi connectivity index (χ3v) is 4.62. The summed E-state index contributed by atoms with van der Waals surface area (Å²) in [6.45, 7) is 11.1. The lowest BCUT2D eigenvalue weighted by Gasteiger charge is -2.20. The van der Waals surface area contributed by atoms with E-state index in [1.165, 1.54) is 6.92 Å². The van der Waals surface area contributed by atoms with Crippen LogP contribution in [0.5, 0.6) is 0 Å². The standard InChI is InChI=1S/C23H32N4O4/c1-13(2)10-20(29)26-18-9-7-8-17(11-18)23-27-19(15(5)31-23)12-24-22(30)21(14(3)4)25-16(6)28/h7-9,11,13-14,21H,10,12H2,1-6H3,(H,24,30)(H,25,28)(H,26,29). The number of amides is 3. The number of carbonyl (C=O) groups excluding carboxylic acids is 3. The second-order valence-corrected chi connectivity index (χ2v) is 8.39. The number of hydrogen-bond donors (Lipinski definition) is 3. The molecule has 8 heteroatoms. The molecule has 0 bridgehead atoms. The summed E-state index contributed by atoms with van der Waals surface area (Å²) in [6, 6.07) is 6.67. The molecule has 1 atom stereocenters. The lowest BCUT2D eigenvalue weighted by molar-refractivity contribution is -0.129. The Balaban J connectivity index is 2.09. The van der Waals surface area contributed by atoms with Crippen LogP contribution in [-0.2, 0) is 20.9 Å². The van der Waals surface area contributed by atoms with E-state index in [2.05, 4.69) is 20.9 Å². The van der Waals surface area contributed by atoms with Gasteiger partial charge in [0.15, 0.2) is 0 Å². The van der Waals surface area contributed by atoms with Crippen LogP contribution >= 0.6 is 0 Å². The van der Waals surface area contributed by atoms with Crippen molar-refractivity contribution in [2.75, 3.05) is 5.32 Å². The van der Waals surface area contributed by atoms with Crippen molar-refractivity contribution in [3.63, 3.8) is 0 Å². The zero-order chi connectivity index (χ0) is 23.1. The van der Waals surface area contributed by atoms with E-state index >= 15 is 0 Å². The zero-order valence-corrected chi connectivity index (χ0v) is 19.0. The van der Waals surface area contributed by atoms with Crippen LogP contribution in [0.1, 0.15) is 52.5 Å². The first-order chi connectivity index (χ1) is 14.6. The van der Waals surface area contributed by atoms with E-state index in [1.54, 1.807) is 13.0 Å². The minimum Gasteiger partial charge on any atom is -0.441 e. The SMILES string of the molecule is CC(=O)NC(C(=O)NCc1nc(-c2cccc(NC(=O)CC(C)C)c2)oc1C)C(C)C. The number of aryl methyl sites for hydroxylation is 1. The van der Waals surface area contributed by atoms with Crippen LogP contribution in [0.3, 0.4) is 0 Å². The average Bonchev–Trinajstić information content (AvgIpc) is 3.04. The van der Waals surface area contributed by atoms with Crippen molar-refractivity contribution in [2.24, 2.45) is 11.8 Å². The molecule has 0 spiro atoms. The van der Waals surface area contributed by atoms with Gasteiger partial charge in [0.2, 0.25) is 23.6 Å². The summed E-state index contributed by atoms with van der Waals surface area (Å²) in [5.41, 5.74) is 1.99. The molecular weight excluding hydrogens is 396 g/mol. The van der Waals surface area contributed by atoms with Crippen molar-refractivity contribution in [3.05, 3.63) is 35.7 Å². The van der Waals surface area contributed by atoms with Crippen LogP contribution in [0.15, 0.2) is 28.7 Å². The second-order valence-electron chi connectivity index (χ2n) is 8.39. The molecule has 3 N–H and O–H groups in total. The Kier molecular flexibility index (Phi) is 8.36. The van der Waals surface area contributed by atoms with Crippen molar-refractivity contribution in [1.29, 1.82) is 0 Å². The summed E-state index contributed by atoms with van der Waals surface area (Å²) < 4.78 is 5.79. The number of oxazole rings is 1. The second kappa shape index (κ2) is 10.7. The average molecular weight is 429 g/mol. The van der Waals surface area contributed by atoms with Gasteiger partial charge in [0.1, 0.15) is 17.5 Å². The molecular formula is C23H32N4O4. The molecule has 0 radical (unpaired) electrons. The highest BCUT2D eigenvalue weighted by Gasteiger charge is 2.23. The zero-order valence-electron chi connectivity index (χ0n) is 19.0. The summed E-state index contributed by atoms with van der Waals surface area (Å²) in [6.07, 6.45) is 0.446. The third kappa shape index (κ3) is 7.24. The van der Waals surface area contributed by atoms with Gasteiger partial charge in [0, 0.05) is 24.6 Å². The summed E-state index contributed by atoms with van der Waals surface area (Å²) in [5, 5.41) is 8.36. The number of carbonyl (C=O) groups is 3. The molecule has 2 aromatic rings. The third-order valence-electron chi connectivity index (χ3n) is 4.62. The van der Waals surface area contributed by atoms with Gasteiger partial charge >= 0.3 is 0 Å². The highest BCUT2D eigenvalue weighted by atomic mass is 16.4. The van der Waals surface area contributed by atoms with Gasteiger partial charge in [0.05, 0.1) is 6.54 Å². The predicted octanol–water partition coefficient (Wildman–Crippen LogP) is 3.41. The highest BCUT2D eigenvalue weighted by Crippen LogP contribution is 2.24. The molecule has 31 heavy (non-hydrogen) atoms. The van der Waals surface area contributed by atoms with Crippen LogP contribution in [-0.4, -0.2) is 28.7 Å². The molecule has 1 heterocycles. The van der Waals surface area contributed by atoms with Crippen LogP contribution in [0.2, 0.25) is 0 Å². The van der Waals surface area contributed by atoms with Crippen molar-refractivity contribution < 1.29 is 18.8 Å². The number of aromatic nitrogens is 1. The number of nitrogens with one attached hydrogen (secondary N) is 3. The highest BCUT2D eigenvalue weighted by molar-refractivity contribution is 5.91. The molecule has 0 fully saturated rings. The Bertz CT molecular complexity index is 933. The lowest BCUT2D eigenvalue weighted by atomic mass is 10.0. The molecule has 1 aromatic heterocycles. The van der Waals surface area contributed by atoms with Gasteiger partial charge in [-0.05, 0) is 37.0 Å². The predicted molar refractivity (Wildman–Crippen MR) is 119 cm³/mol. The Labute approximate surface area is 183 Å². The largest absolute Gasteiger partial charge is 0.441 e. The summed E-state index contributed by atoms with van der Waals surface area (Å²) in [7, 11) is 0. The van der Waals surface area contributed by atoms with Crippen LogP contribution < -0.4 is 16.0 Å². The number of benzene rings is 1. The Morgan fingerprint density at radius 2 is 1.84 bits per heavy atom. The first-order valence-corrected chi connectivity index (χ1v) is 10.5. The van der Waals surface area contributed by atoms with Gasteiger partial charge in [-0.15, -0.1) is 0 Å². The quantitative estimate of drug-likeness (QED) is 0.566. The Hall–Kier alpha value is -3.16. The fraction of sp³-hybridized carbons (Fsp3) is 0.478. The number of hydrogen-bond acceptors (Lipinski definition) is 5. The van der Waals surface area contributed by atoms with E-state index in [-0.39, 0.29) is 36.1 Å². The van der Waals surface area contributed by atoms with Crippen molar-refractivity contribution in [2.45, 2.75) is 60.5 Å². The topological polar surface area (TPSA) is 113 Å². The summed E-state index contributed by atoms with van der Waals surface area (Å²) in [4.78, 5) is 40.4. The van der Waals surface area contributed by atoms with E-state index in [9.17, 15) is 14.4 Å². The van der Waals surface area contributed by atoms with Gasteiger partial charge in [-0.1, -0.05) is 33.8 Å². The van der Waals surface area contributed by atoms with Crippen molar-refractivity contribution in [3.8, 4) is 11.5 Å². The number of rotatable bonds is 9. The first-order valence-electron chi connectivity index (χ1n) is 10.5. The van der Waals surface area contributed by atoms with Crippen molar-refractivity contribution >= 4 is 23.4 Å². The summed E-state index contributed by atoms with van der Waals surface area (Å²) in [5.74, 6) is 0.646. The van der Waals surface area contributed by atoms with E-state index in [4.69, 9.17) is 4.42 Å². The molecule has 0 saturated heterocycles. The normalized spacial score (nSPS) is 12.0. The van der Waals surface area contributed by atoms with Gasteiger partial charge in [0.25, 0.3) is 0 Å². The molecule has 0 saturated carbocycles. The minimum atomic E-state index is -0.615. The Morgan fingerprint density at radius 3 is 2.45 bits per heavy atom. The van der Waals surface area contributed by atoms with Crippen LogP contribution in [0.25, 0.3) is 11.5 Å². The van der Waals surface area contributed by atoms with E-state index in [0.717, 1.165) is 5.56 Å². The van der Waals surface area contributed by atoms with E-state index < -0.39 is 6.04 Å². The van der Waals surface area contributed by atoms with Gasteiger partial charge in [-0.2, -0.15) is 0 Å². The molecule has 168 valence electrons. The smallest absolute Gasteiger partial charge is 0.243 e. The van der Waals surface area contributed by atoms with E-state index in [1.807, 2.05) is 45.9 Å². The van der Waals surface area contributed by atoms with Crippen LogP contribution in [0, 0.1) is 18.8 Å².